The standard InChI is InChI=1S/C8H6F2O2/c9-8(10)12-7-4-2-1-3-6(7)5-11/h1-5,8H. The zero-order valence-corrected chi connectivity index (χ0v) is 6.04. The highest BCUT2D eigenvalue weighted by Crippen LogP contribution is 2.17. The van der Waals surface area contributed by atoms with Gasteiger partial charge in [0.1, 0.15) is 5.75 Å². The van der Waals surface area contributed by atoms with Crippen molar-refractivity contribution in [1.82, 2.24) is 0 Å². The molecule has 0 aromatic heterocycles. The van der Waals surface area contributed by atoms with Gasteiger partial charge in [0.25, 0.3) is 0 Å². The molecule has 0 amide bonds. The van der Waals surface area contributed by atoms with E-state index in [1.807, 2.05) is 0 Å². The number of benzene rings is 1. The van der Waals surface area contributed by atoms with Gasteiger partial charge in [0.2, 0.25) is 0 Å². The maximum atomic E-state index is 11.7. The zero-order valence-electron chi connectivity index (χ0n) is 6.04. The molecular weight excluding hydrogens is 166 g/mol. The third-order valence-corrected chi connectivity index (χ3v) is 1.26. The topological polar surface area (TPSA) is 26.3 Å². The van der Waals surface area contributed by atoms with Crippen LogP contribution in [0.5, 0.6) is 5.75 Å². The fraction of sp³-hybridized carbons (Fsp3) is 0.125. The molecule has 0 saturated heterocycles. The first kappa shape index (κ1) is 8.64. The molecule has 0 unspecified atom stereocenters. The van der Waals surface area contributed by atoms with Crippen LogP contribution in [0.25, 0.3) is 0 Å². The molecule has 12 heavy (non-hydrogen) atoms. The van der Waals surface area contributed by atoms with Crippen LogP contribution in [0.15, 0.2) is 24.3 Å². The summed E-state index contributed by atoms with van der Waals surface area (Å²) in [5, 5.41) is 0. The first-order valence-corrected chi connectivity index (χ1v) is 3.23. The lowest BCUT2D eigenvalue weighted by molar-refractivity contribution is -0.0500. The molecule has 0 N–H and O–H groups in total. The number of hydrogen-bond acceptors (Lipinski definition) is 2. The van der Waals surface area contributed by atoms with Gasteiger partial charge in [-0.15, -0.1) is 0 Å². The van der Waals surface area contributed by atoms with Crippen LogP contribution in [0.1, 0.15) is 10.4 Å². The molecule has 0 radical (unpaired) electrons. The van der Waals surface area contributed by atoms with Crippen LogP contribution < -0.4 is 4.74 Å². The van der Waals surface area contributed by atoms with Crippen molar-refractivity contribution < 1.29 is 18.3 Å². The Kier molecular flexibility index (Phi) is 2.74. The quantitative estimate of drug-likeness (QED) is 0.652. The first-order chi connectivity index (χ1) is 5.74. The number of carbonyl (C=O) groups excluding carboxylic acids is 1. The summed E-state index contributed by atoms with van der Waals surface area (Å²) in [6.07, 6.45) is 0.470. The molecule has 0 bridgehead atoms. The fourth-order valence-corrected chi connectivity index (χ4v) is 0.781. The van der Waals surface area contributed by atoms with E-state index < -0.39 is 6.61 Å². The zero-order chi connectivity index (χ0) is 8.97. The third kappa shape index (κ3) is 2.02. The minimum absolute atomic E-state index is 0.0949. The summed E-state index contributed by atoms with van der Waals surface area (Å²) in [4.78, 5) is 10.3. The molecule has 0 fully saturated rings. The molecule has 1 aromatic carbocycles. The van der Waals surface area contributed by atoms with Gasteiger partial charge in [0.15, 0.2) is 6.29 Å². The SMILES string of the molecule is O=Cc1ccccc1OC(F)F. The maximum absolute atomic E-state index is 11.7. The Hall–Kier alpha value is -1.45. The number of carbonyl (C=O) groups is 1. The van der Waals surface area contributed by atoms with Crippen LogP contribution in [-0.2, 0) is 0 Å². The predicted molar refractivity (Wildman–Crippen MR) is 38.5 cm³/mol. The van der Waals surface area contributed by atoms with Gasteiger partial charge in [0.05, 0.1) is 5.56 Å². The Balaban J connectivity index is 2.89. The normalized spacial score (nSPS) is 9.92. The summed E-state index contributed by atoms with van der Waals surface area (Å²) in [7, 11) is 0. The monoisotopic (exact) mass is 172 g/mol. The Morgan fingerprint density at radius 1 is 1.33 bits per heavy atom. The van der Waals surface area contributed by atoms with Crippen molar-refractivity contribution in [2.24, 2.45) is 0 Å². The van der Waals surface area contributed by atoms with Crippen LogP contribution in [0.3, 0.4) is 0 Å². The second-order valence-electron chi connectivity index (χ2n) is 2.03. The molecule has 2 nitrogen and oxygen atoms in total. The van der Waals surface area contributed by atoms with Crippen LogP contribution in [0.4, 0.5) is 8.78 Å². The number of halogens is 2. The molecule has 0 heterocycles. The molecule has 64 valence electrons. The summed E-state index contributed by atoms with van der Waals surface area (Å²) in [6, 6.07) is 5.81. The van der Waals surface area contributed by atoms with E-state index in [0.717, 1.165) is 0 Å². The smallest absolute Gasteiger partial charge is 0.387 e. The van der Waals surface area contributed by atoms with Gasteiger partial charge in [-0.05, 0) is 12.1 Å². The Morgan fingerprint density at radius 3 is 2.58 bits per heavy atom. The Bertz CT molecular complexity index is 274. The number of hydrogen-bond donors (Lipinski definition) is 0. The number of para-hydroxylation sites is 1. The third-order valence-electron chi connectivity index (χ3n) is 1.26. The van der Waals surface area contributed by atoms with Gasteiger partial charge in [-0.25, -0.2) is 0 Å². The fourth-order valence-electron chi connectivity index (χ4n) is 0.781. The molecule has 0 spiro atoms. The van der Waals surface area contributed by atoms with Crippen molar-refractivity contribution in [2.75, 3.05) is 0 Å². The summed E-state index contributed by atoms with van der Waals surface area (Å²) < 4.78 is 27.5. The van der Waals surface area contributed by atoms with E-state index in [0.29, 0.717) is 6.29 Å². The van der Waals surface area contributed by atoms with Gasteiger partial charge in [-0.2, -0.15) is 8.78 Å². The second-order valence-corrected chi connectivity index (χ2v) is 2.03. The lowest BCUT2D eigenvalue weighted by atomic mass is 10.2. The van der Waals surface area contributed by atoms with Crippen molar-refractivity contribution in [3.63, 3.8) is 0 Å². The predicted octanol–water partition coefficient (Wildman–Crippen LogP) is 2.10. The Morgan fingerprint density at radius 2 is 2.00 bits per heavy atom. The van der Waals surface area contributed by atoms with E-state index in [-0.39, 0.29) is 11.3 Å². The van der Waals surface area contributed by atoms with Crippen LogP contribution in [0, 0.1) is 0 Å². The number of aldehydes is 1. The summed E-state index contributed by atoms with van der Waals surface area (Å²) in [5.74, 6) is -0.0949. The largest absolute Gasteiger partial charge is 0.434 e. The minimum atomic E-state index is -2.90. The highest BCUT2D eigenvalue weighted by atomic mass is 19.3. The molecule has 1 rings (SSSR count). The maximum Gasteiger partial charge on any atom is 0.387 e. The Labute approximate surface area is 67.8 Å². The van der Waals surface area contributed by atoms with Crippen LogP contribution >= 0.6 is 0 Å². The van der Waals surface area contributed by atoms with Crippen molar-refractivity contribution in [1.29, 1.82) is 0 Å². The van der Waals surface area contributed by atoms with E-state index in [4.69, 9.17) is 0 Å². The van der Waals surface area contributed by atoms with Crippen molar-refractivity contribution in [3.8, 4) is 5.75 Å². The average Bonchev–Trinajstić information content (AvgIpc) is 2.04. The molecule has 0 atom stereocenters. The lowest BCUT2D eigenvalue weighted by Crippen LogP contribution is -2.03. The molecule has 4 heteroatoms. The summed E-state index contributed by atoms with van der Waals surface area (Å²) >= 11 is 0. The van der Waals surface area contributed by atoms with Gasteiger partial charge in [-0.3, -0.25) is 4.79 Å². The highest BCUT2D eigenvalue weighted by molar-refractivity contribution is 5.79. The first-order valence-electron chi connectivity index (χ1n) is 3.23. The van der Waals surface area contributed by atoms with E-state index in [9.17, 15) is 13.6 Å². The number of ether oxygens (including phenoxy) is 1. The molecule has 0 aliphatic carbocycles. The molecule has 0 saturated carbocycles. The summed E-state index contributed by atoms with van der Waals surface area (Å²) in [5.41, 5.74) is 0.123. The van der Waals surface area contributed by atoms with Gasteiger partial charge in [-0.1, -0.05) is 12.1 Å². The molecule has 0 aliphatic rings. The molecular formula is C8H6F2O2. The van der Waals surface area contributed by atoms with Crippen LogP contribution in [0.2, 0.25) is 0 Å². The average molecular weight is 172 g/mol. The number of rotatable bonds is 3. The van der Waals surface area contributed by atoms with E-state index >= 15 is 0 Å². The van der Waals surface area contributed by atoms with E-state index in [2.05, 4.69) is 4.74 Å². The minimum Gasteiger partial charge on any atom is -0.434 e. The van der Waals surface area contributed by atoms with Crippen molar-refractivity contribution in [3.05, 3.63) is 29.8 Å². The molecule has 1 aromatic rings. The van der Waals surface area contributed by atoms with Crippen LogP contribution in [-0.4, -0.2) is 12.9 Å². The number of alkyl halides is 2. The van der Waals surface area contributed by atoms with E-state index in [1.54, 1.807) is 6.07 Å². The summed E-state index contributed by atoms with van der Waals surface area (Å²) in [6.45, 7) is -2.90. The highest BCUT2D eigenvalue weighted by Gasteiger charge is 2.07. The second kappa shape index (κ2) is 3.80. The van der Waals surface area contributed by atoms with Crippen molar-refractivity contribution in [2.45, 2.75) is 6.61 Å². The van der Waals surface area contributed by atoms with Gasteiger partial charge < -0.3 is 4.74 Å². The van der Waals surface area contributed by atoms with Gasteiger partial charge in [0, 0.05) is 0 Å². The van der Waals surface area contributed by atoms with Crippen molar-refractivity contribution >= 4 is 6.29 Å². The molecule has 0 aliphatic heterocycles. The van der Waals surface area contributed by atoms with Gasteiger partial charge >= 0.3 is 6.61 Å². The lowest BCUT2D eigenvalue weighted by Gasteiger charge is -2.05. The van der Waals surface area contributed by atoms with E-state index in [1.165, 1.54) is 18.2 Å².